The van der Waals surface area contributed by atoms with Crippen molar-refractivity contribution in [3.05, 3.63) is 34.7 Å². The molecule has 1 saturated heterocycles. The maximum atomic E-state index is 12.5. The number of carbonyl (C=O) groups excluding carboxylic acids is 1. The number of para-hydroxylation sites is 2. The highest BCUT2D eigenvalue weighted by molar-refractivity contribution is 5.85. The van der Waals surface area contributed by atoms with Gasteiger partial charge >= 0.3 is 5.69 Å². The Morgan fingerprint density at radius 2 is 2.04 bits per heavy atom. The molecule has 0 atom stereocenters. The number of rotatable bonds is 5. The first-order chi connectivity index (χ1) is 11.2. The number of aromatic nitrogens is 2. The molecule has 24 heavy (non-hydrogen) atoms. The lowest BCUT2D eigenvalue weighted by Gasteiger charge is -2.34. The first-order valence-electron chi connectivity index (χ1n) is 7.90. The molecular weight excluding hydrogens is 332 g/mol. The minimum atomic E-state index is -0.538. The first-order valence-corrected chi connectivity index (χ1v) is 7.90. The highest BCUT2D eigenvalue weighted by Crippen LogP contribution is 2.29. The van der Waals surface area contributed by atoms with Gasteiger partial charge in [-0.2, -0.15) is 0 Å². The number of nitrogens with two attached hydrogens (primary N) is 1. The van der Waals surface area contributed by atoms with Crippen LogP contribution in [0.5, 0.6) is 0 Å². The molecule has 0 bridgehead atoms. The molecule has 0 unspecified atom stereocenters. The summed E-state index contributed by atoms with van der Waals surface area (Å²) < 4.78 is 6.95. The number of fused-ring (bicyclic) bond motifs is 1. The fourth-order valence-corrected chi connectivity index (χ4v) is 3.08. The number of hydrogen-bond acceptors (Lipinski definition) is 4. The Morgan fingerprint density at radius 1 is 1.33 bits per heavy atom. The van der Waals surface area contributed by atoms with Gasteiger partial charge in [-0.05, 0) is 25.0 Å². The SMILES string of the molecule is Cl.NCC1(C(=O)NCCn2c(=O)[nH]c3ccccc32)CCOCC1. The van der Waals surface area contributed by atoms with Crippen LogP contribution < -0.4 is 16.7 Å². The molecule has 1 aliphatic rings. The maximum Gasteiger partial charge on any atom is 0.326 e. The lowest BCUT2D eigenvalue weighted by Crippen LogP contribution is -2.49. The molecule has 0 radical (unpaired) electrons. The van der Waals surface area contributed by atoms with E-state index in [1.165, 1.54) is 0 Å². The van der Waals surface area contributed by atoms with Crippen LogP contribution in [0.3, 0.4) is 0 Å². The molecular formula is C16H23ClN4O3. The van der Waals surface area contributed by atoms with Crippen molar-refractivity contribution >= 4 is 29.3 Å². The molecule has 0 aliphatic carbocycles. The zero-order valence-corrected chi connectivity index (χ0v) is 14.2. The number of carbonyl (C=O) groups is 1. The molecule has 1 amide bonds. The summed E-state index contributed by atoms with van der Waals surface area (Å²) in [6.07, 6.45) is 1.28. The lowest BCUT2D eigenvalue weighted by atomic mass is 9.79. The van der Waals surface area contributed by atoms with Crippen LogP contribution in [0.25, 0.3) is 11.0 Å². The van der Waals surface area contributed by atoms with Crippen LogP contribution in [0, 0.1) is 5.41 Å². The molecule has 132 valence electrons. The fraction of sp³-hybridized carbons (Fsp3) is 0.500. The molecule has 7 nitrogen and oxygen atoms in total. The van der Waals surface area contributed by atoms with Gasteiger partial charge in [-0.3, -0.25) is 9.36 Å². The predicted molar refractivity (Wildman–Crippen MR) is 94.4 cm³/mol. The molecule has 2 aromatic rings. The minimum absolute atomic E-state index is 0. The van der Waals surface area contributed by atoms with Gasteiger partial charge in [0, 0.05) is 32.8 Å². The summed E-state index contributed by atoms with van der Waals surface area (Å²) in [6.45, 7) is 2.25. The van der Waals surface area contributed by atoms with Crippen LogP contribution in [-0.4, -0.2) is 41.8 Å². The summed E-state index contributed by atoms with van der Waals surface area (Å²) in [7, 11) is 0. The number of halogens is 1. The Kier molecular flexibility index (Phi) is 6.04. The number of ether oxygens (including phenoxy) is 1. The van der Waals surface area contributed by atoms with E-state index in [1.54, 1.807) is 4.57 Å². The molecule has 3 rings (SSSR count). The second kappa shape index (κ2) is 7.83. The van der Waals surface area contributed by atoms with Crippen molar-refractivity contribution in [2.24, 2.45) is 11.1 Å². The van der Waals surface area contributed by atoms with Crippen molar-refractivity contribution in [3.63, 3.8) is 0 Å². The number of nitrogens with zero attached hydrogens (tertiary/aromatic N) is 1. The highest BCUT2D eigenvalue weighted by Gasteiger charge is 2.38. The topological polar surface area (TPSA) is 102 Å². The van der Waals surface area contributed by atoms with Gasteiger partial charge in [-0.25, -0.2) is 4.79 Å². The van der Waals surface area contributed by atoms with Crippen LogP contribution in [0.15, 0.2) is 29.1 Å². The van der Waals surface area contributed by atoms with Gasteiger partial charge < -0.3 is 20.8 Å². The first kappa shape index (κ1) is 18.5. The number of H-pyrrole nitrogens is 1. The van der Waals surface area contributed by atoms with E-state index in [0.717, 1.165) is 11.0 Å². The smallest absolute Gasteiger partial charge is 0.326 e. The number of nitrogens with one attached hydrogen (secondary N) is 2. The summed E-state index contributed by atoms with van der Waals surface area (Å²) in [4.78, 5) is 27.3. The van der Waals surface area contributed by atoms with Crippen molar-refractivity contribution in [1.82, 2.24) is 14.9 Å². The monoisotopic (exact) mass is 354 g/mol. The average Bonchev–Trinajstić information content (AvgIpc) is 2.91. The zero-order chi connectivity index (χ0) is 16.3. The van der Waals surface area contributed by atoms with Crippen LogP contribution in [0.4, 0.5) is 0 Å². The molecule has 1 aliphatic heterocycles. The molecule has 1 fully saturated rings. The fourth-order valence-electron chi connectivity index (χ4n) is 3.08. The van der Waals surface area contributed by atoms with E-state index in [1.807, 2.05) is 24.3 Å². The van der Waals surface area contributed by atoms with E-state index >= 15 is 0 Å². The number of imidazole rings is 1. The Bertz CT molecular complexity index is 749. The third kappa shape index (κ3) is 3.48. The van der Waals surface area contributed by atoms with Gasteiger partial charge in [0.2, 0.25) is 5.91 Å². The van der Waals surface area contributed by atoms with Gasteiger partial charge in [-0.1, -0.05) is 12.1 Å². The van der Waals surface area contributed by atoms with Crippen LogP contribution in [-0.2, 0) is 16.1 Å². The summed E-state index contributed by atoms with van der Waals surface area (Å²) in [5, 5.41) is 2.93. The van der Waals surface area contributed by atoms with Gasteiger partial charge in [0.1, 0.15) is 0 Å². The average molecular weight is 355 g/mol. The standard InChI is InChI=1S/C16H22N4O3.ClH/c17-11-16(5-9-23-10-6-16)14(21)18-7-8-20-13-4-2-1-3-12(13)19-15(20)22;/h1-4H,5-11,17H2,(H,18,21)(H,19,22);1H. The van der Waals surface area contributed by atoms with Crippen molar-refractivity contribution in [2.45, 2.75) is 19.4 Å². The third-order valence-corrected chi connectivity index (χ3v) is 4.62. The van der Waals surface area contributed by atoms with Crippen LogP contribution >= 0.6 is 12.4 Å². The summed E-state index contributed by atoms with van der Waals surface area (Å²) in [6, 6.07) is 7.50. The van der Waals surface area contributed by atoms with E-state index in [0.29, 0.717) is 45.7 Å². The summed E-state index contributed by atoms with van der Waals surface area (Å²) >= 11 is 0. The summed E-state index contributed by atoms with van der Waals surface area (Å²) in [5.41, 5.74) is 6.76. The van der Waals surface area contributed by atoms with Gasteiger partial charge in [0.05, 0.1) is 16.4 Å². The lowest BCUT2D eigenvalue weighted by molar-refractivity contribution is -0.135. The van der Waals surface area contributed by atoms with E-state index in [2.05, 4.69) is 10.3 Å². The van der Waals surface area contributed by atoms with Crippen LogP contribution in [0.2, 0.25) is 0 Å². The third-order valence-electron chi connectivity index (χ3n) is 4.62. The second-order valence-electron chi connectivity index (χ2n) is 5.95. The molecule has 0 spiro atoms. The number of benzene rings is 1. The Labute approximate surface area is 146 Å². The van der Waals surface area contributed by atoms with Crippen molar-refractivity contribution < 1.29 is 9.53 Å². The Hall–Kier alpha value is -1.83. The second-order valence-corrected chi connectivity index (χ2v) is 5.95. The molecule has 8 heteroatoms. The maximum absolute atomic E-state index is 12.5. The molecule has 0 saturated carbocycles. The molecule has 1 aromatic carbocycles. The van der Waals surface area contributed by atoms with E-state index < -0.39 is 5.41 Å². The highest BCUT2D eigenvalue weighted by atomic mass is 35.5. The van der Waals surface area contributed by atoms with Gasteiger partial charge in [0.15, 0.2) is 0 Å². The number of amides is 1. The van der Waals surface area contributed by atoms with Crippen molar-refractivity contribution in [1.29, 1.82) is 0 Å². The largest absolute Gasteiger partial charge is 0.381 e. The molecule has 2 heterocycles. The van der Waals surface area contributed by atoms with Gasteiger partial charge in [0.25, 0.3) is 0 Å². The Morgan fingerprint density at radius 3 is 2.75 bits per heavy atom. The Balaban J connectivity index is 0.00000208. The minimum Gasteiger partial charge on any atom is -0.381 e. The van der Waals surface area contributed by atoms with E-state index in [-0.39, 0.29) is 24.0 Å². The van der Waals surface area contributed by atoms with Crippen LogP contribution in [0.1, 0.15) is 12.8 Å². The van der Waals surface area contributed by atoms with Crippen molar-refractivity contribution in [3.8, 4) is 0 Å². The van der Waals surface area contributed by atoms with Crippen molar-refractivity contribution in [2.75, 3.05) is 26.3 Å². The zero-order valence-electron chi connectivity index (χ0n) is 13.4. The van der Waals surface area contributed by atoms with Gasteiger partial charge in [-0.15, -0.1) is 12.4 Å². The number of hydrogen-bond donors (Lipinski definition) is 3. The number of aromatic amines is 1. The quantitative estimate of drug-likeness (QED) is 0.732. The normalized spacial score (nSPS) is 16.5. The predicted octanol–water partition coefficient (Wildman–Crippen LogP) is 0.623. The summed E-state index contributed by atoms with van der Waals surface area (Å²) in [5.74, 6) is -0.0452. The van der Waals surface area contributed by atoms with E-state index in [4.69, 9.17) is 10.5 Å². The molecule has 1 aromatic heterocycles. The van der Waals surface area contributed by atoms with E-state index in [9.17, 15) is 9.59 Å². The molecule has 4 N–H and O–H groups in total.